The zero-order valence-electron chi connectivity index (χ0n) is 11.8. The minimum Gasteiger partial charge on any atom is -0.326 e. The molecule has 1 aromatic carbocycles. The Bertz CT molecular complexity index is 543. The number of benzene rings is 1. The number of halogens is 6. The number of carbonyl (C=O) groups is 1. The van der Waals surface area contributed by atoms with Crippen molar-refractivity contribution in [1.82, 2.24) is 5.32 Å². The molecule has 2 N–H and O–H groups in total. The summed E-state index contributed by atoms with van der Waals surface area (Å²) in [6.45, 7) is 0.736. The van der Waals surface area contributed by atoms with Crippen molar-refractivity contribution in [1.29, 1.82) is 0 Å². The van der Waals surface area contributed by atoms with Gasteiger partial charge in [0.2, 0.25) is 5.91 Å². The van der Waals surface area contributed by atoms with Crippen LogP contribution in [0.4, 0.5) is 32.0 Å². The van der Waals surface area contributed by atoms with Crippen LogP contribution in [0, 0.1) is 0 Å². The maximum absolute atomic E-state index is 12.7. The summed E-state index contributed by atoms with van der Waals surface area (Å²) in [5, 5.41) is 5.14. The SMILES string of the molecule is O=C(CC1CCCN1)Nc1cc(C(F)(F)F)cc(C(F)(F)F)c1. The van der Waals surface area contributed by atoms with Crippen LogP contribution in [-0.4, -0.2) is 18.5 Å². The van der Waals surface area contributed by atoms with Crippen LogP contribution < -0.4 is 10.6 Å². The van der Waals surface area contributed by atoms with Crippen molar-refractivity contribution in [2.24, 2.45) is 0 Å². The first-order valence-electron chi connectivity index (χ1n) is 6.88. The molecule has 1 aliphatic heterocycles. The van der Waals surface area contributed by atoms with Crippen molar-refractivity contribution in [2.45, 2.75) is 37.7 Å². The van der Waals surface area contributed by atoms with Crippen LogP contribution in [0.2, 0.25) is 0 Å². The lowest BCUT2D eigenvalue weighted by atomic mass is 10.1. The predicted octanol–water partition coefficient (Wildman–Crippen LogP) is 3.80. The summed E-state index contributed by atoms with van der Waals surface area (Å²) in [6, 6.07) is 0.904. The third kappa shape index (κ3) is 4.85. The number of hydrogen-bond acceptors (Lipinski definition) is 2. The molecule has 0 aliphatic carbocycles. The lowest BCUT2D eigenvalue weighted by molar-refractivity contribution is -0.143. The van der Waals surface area contributed by atoms with Gasteiger partial charge in [-0.1, -0.05) is 0 Å². The van der Waals surface area contributed by atoms with Crippen molar-refractivity contribution in [3.05, 3.63) is 29.3 Å². The zero-order valence-corrected chi connectivity index (χ0v) is 11.8. The van der Waals surface area contributed by atoms with Gasteiger partial charge in [-0.2, -0.15) is 26.3 Å². The second-order valence-electron chi connectivity index (χ2n) is 5.34. The second-order valence-corrected chi connectivity index (χ2v) is 5.34. The predicted molar refractivity (Wildman–Crippen MR) is 70.7 cm³/mol. The zero-order chi connectivity index (χ0) is 17.3. The first kappa shape index (κ1) is 17.6. The van der Waals surface area contributed by atoms with Gasteiger partial charge in [0.25, 0.3) is 0 Å². The fourth-order valence-electron chi connectivity index (χ4n) is 2.39. The molecule has 2 rings (SSSR count). The second kappa shape index (κ2) is 6.38. The summed E-state index contributed by atoms with van der Waals surface area (Å²) in [7, 11) is 0. The quantitative estimate of drug-likeness (QED) is 0.822. The molecular weight excluding hydrogens is 326 g/mol. The average Bonchev–Trinajstić information content (AvgIpc) is 2.88. The lowest BCUT2D eigenvalue weighted by Gasteiger charge is -2.15. The third-order valence-electron chi connectivity index (χ3n) is 3.47. The summed E-state index contributed by atoms with van der Waals surface area (Å²) in [5.74, 6) is -0.628. The first-order chi connectivity index (χ1) is 10.6. The van der Waals surface area contributed by atoms with Gasteiger partial charge in [-0.05, 0) is 37.6 Å². The van der Waals surface area contributed by atoms with Crippen LogP contribution in [0.3, 0.4) is 0 Å². The highest BCUT2D eigenvalue weighted by Gasteiger charge is 2.37. The van der Waals surface area contributed by atoms with Gasteiger partial charge in [0, 0.05) is 18.2 Å². The summed E-state index contributed by atoms with van der Waals surface area (Å²) in [5.41, 5.74) is -3.43. The number of anilines is 1. The highest BCUT2D eigenvalue weighted by atomic mass is 19.4. The molecule has 1 heterocycles. The molecule has 9 heteroatoms. The molecule has 1 aromatic rings. The van der Waals surface area contributed by atoms with Gasteiger partial charge in [0.15, 0.2) is 0 Å². The minimum absolute atomic E-state index is 0.00238. The van der Waals surface area contributed by atoms with Gasteiger partial charge in [0.1, 0.15) is 0 Å². The number of hydrogen-bond donors (Lipinski definition) is 2. The number of amides is 1. The molecule has 1 fully saturated rings. The van der Waals surface area contributed by atoms with E-state index in [1.165, 1.54) is 0 Å². The molecule has 1 amide bonds. The molecule has 3 nitrogen and oxygen atoms in total. The smallest absolute Gasteiger partial charge is 0.326 e. The first-order valence-corrected chi connectivity index (χ1v) is 6.88. The fourth-order valence-corrected chi connectivity index (χ4v) is 2.39. The Morgan fingerprint density at radius 2 is 1.65 bits per heavy atom. The molecule has 0 bridgehead atoms. The molecule has 1 aliphatic rings. The topological polar surface area (TPSA) is 41.1 Å². The van der Waals surface area contributed by atoms with E-state index in [9.17, 15) is 31.1 Å². The van der Waals surface area contributed by atoms with E-state index in [0.29, 0.717) is 12.1 Å². The molecule has 1 unspecified atom stereocenters. The lowest BCUT2D eigenvalue weighted by Crippen LogP contribution is -2.27. The molecule has 23 heavy (non-hydrogen) atoms. The van der Waals surface area contributed by atoms with E-state index in [0.717, 1.165) is 19.4 Å². The van der Waals surface area contributed by atoms with E-state index in [1.807, 2.05) is 0 Å². The molecule has 1 saturated heterocycles. The van der Waals surface area contributed by atoms with Gasteiger partial charge in [0.05, 0.1) is 11.1 Å². The van der Waals surface area contributed by atoms with Crippen LogP contribution >= 0.6 is 0 Å². The standard InChI is InChI=1S/C14H14F6N2O/c15-13(16,17)8-4-9(14(18,19)20)6-11(5-8)22-12(23)7-10-2-1-3-21-10/h4-6,10,21H,1-3,7H2,(H,22,23). The van der Waals surface area contributed by atoms with E-state index in [2.05, 4.69) is 10.6 Å². The van der Waals surface area contributed by atoms with Gasteiger partial charge in [-0.15, -0.1) is 0 Å². The fraction of sp³-hybridized carbons (Fsp3) is 0.500. The Kier molecular flexibility index (Phi) is 4.88. The molecule has 0 saturated carbocycles. The van der Waals surface area contributed by atoms with Gasteiger partial charge in [-0.3, -0.25) is 4.79 Å². The summed E-state index contributed by atoms with van der Waals surface area (Å²) < 4.78 is 76.3. The van der Waals surface area contributed by atoms with Crippen LogP contribution in [0.5, 0.6) is 0 Å². The molecule has 1 atom stereocenters. The third-order valence-corrected chi connectivity index (χ3v) is 3.47. The number of carbonyl (C=O) groups excluding carboxylic acids is 1. The Hall–Kier alpha value is -1.77. The number of rotatable bonds is 3. The molecule has 0 radical (unpaired) electrons. The molecule has 0 aromatic heterocycles. The molecule has 128 valence electrons. The van der Waals surface area contributed by atoms with Gasteiger partial charge in [-0.25, -0.2) is 0 Å². The Balaban J connectivity index is 2.21. The highest BCUT2D eigenvalue weighted by Crippen LogP contribution is 2.37. The van der Waals surface area contributed by atoms with Crippen molar-refractivity contribution in [3.63, 3.8) is 0 Å². The Morgan fingerprint density at radius 1 is 1.09 bits per heavy atom. The van der Waals surface area contributed by atoms with Crippen molar-refractivity contribution in [2.75, 3.05) is 11.9 Å². The molecular formula is C14H14F6N2O. The van der Waals surface area contributed by atoms with E-state index >= 15 is 0 Å². The van der Waals surface area contributed by atoms with Crippen molar-refractivity contribution < 1.29 is 31.1 Å². The minimum atomic E-state index is -4.94. The van der Waals surface area contributed by atoms with Gasteiger partial charge >= 0.3 is 12.4 Å². The van der Waals surface area contributed by atoms with E-state index < -0.39 is 35.1 Å². The van der Waals surface area contributed by atoms with Gasteiger partial charge < -0.3 is 10.6 Å². The van der Waals surface area contributed by atoms with Crippen LogP contribution in [-0.2, 0) is 17.1 Å². The Labute approximate surface area is 128 Å². The highest BCUT2D eigenvalue weighted by molar-refractivity contribution is 5.91. The monoisotopic (exact) mass is 340 g/mol. The average molecular weight is 340 g/mol. The maximum Gasteiger partial charge on any atom is 0.416 e. The largest absolute Gasteiger partial charge is 0.416 e. The molecule has 0 spiro atoms. The number of alkyl halides is 6. The van der Waals surface area contributed by atoms with Crippen LogP contribution in [0.1, 0.15) is 30.4 Å². The van der Waals surface area contributed by atoms with E-state index in [1.54, 1.807) is 0 Å². The number of nitrogens with one attached hydrogen (secondary N) is 2. The van der Waals surface area contributed by atoms with E-state index in [4.69, 9.17) is 0 Å². The summed E-state index contributed by atoms with van der Waals surface area (Å²) in [6.07, 6.45) is -8.26. The summed E-state index contributed by atoms with van der Waals surface area (Å²) in [4.78, 5) is 11.8. The normalized spacial score (nSPS) is 19.0. The maximum atomic E-state index is 12.7. The van der Waals surface area contributed by atoms with Crippen molar-refractivity contribution >= 4 is 11.6 Å². The van der Waals surface area contributed by atoms with E-state index in [-0.39, 0.29) is 18.5 Å². The Morgan fingerprint density at radius 3 is 2.09 bits per heavy atom. The van der Waals surface area contributed by atoms with Crippen LogP contribution in [0.25, 0.3) is 0 Å². The van der Waals surface area contributed by atoms with Crippen LogP contribution in [0.15, 0.2) is 18.2 Å². The summed E-state index contributed by atoms with van der Waals surface area (Å²) >= 11 is 0. The van der Waals surface area contributed by atoms with Crippen molar-refractivity contribution in [3.8, 4) is 0 Å².